The predicted octanol–water partition coefficient (Wildman–Crippen LogP) is 3.03. The molecule has 0 aliphatic carbocycles. The van der Waals surface area contributed by atoms with Crippen LogP contribution < -0.4 is 10.6 Å². The molecule has 0 saturated carbocycles. The number of hydrogen-bond donors (Lipinski definition) is 1. The van der Waals surface area contributed by atoms with Crippen molar-refractivity contribution in [2.75, 3.05) is 18.5 Å². The highest BCUT2D eigenvalue weighted by atomic mass is 19.1. The van der Waals surface area contributed by atoms with Crippen molar-refractivity contribution in [3.05, 3.63) is 30.1 Å². The van der Waals surface area contributed by atoms with E-state index < -0.39 is 0 Å². The lowest BCUT2D eigenvalue weighted by molar-refractivity contribution is 0.335. The molecule has 1 unspecified atom stereocenters. The maximum atomic E-state index is 13.7. The van der Waals surface area contributed by atoms with E-state index in [0.717, 1.165) is 6.42 Å². The Labute approximate surface area is 104 Å². The molecule has 0 fully saturated rings. The van der Waals surface area contributed by atoms with Gasteiger partial charge in [-0.3, -0.25) is 0 Å². The van der Waals surface area contributed by atoms with Crippen molar-refractivity contribution in [2.24, 2.45) is 11.1 Å². The molecule has 2 nitrogen and oxygen atoms in total. The average Bonchev–Trinajstić information content (AvgIpc) is 2.24. The first-order valence-corrected chi connectivity index (χ1v) is 6.02. The van der Waals surface area contributed by atoms with Gasteiger partial charge in [0.05, 0.1) is 5.69 Å². The molecular formula is C14H23FN2. The first-order chi connectivity index (χ1) is 7.85. The van der Waals surface area contributed by atoms with Gasteiger partial charge in [0, 0.05) is 19.6 Å². The molecule has 0 saturated heterocycles. The van der Waals surface area contributed by atoms with Crippen LogP contribution >= 0.6 is 0 Å². The summed E-state index contributed by atoms with van der Waals surface area (Å²) in [5.74, 6) is -0.192. The molecule has 1 aromatic rings. The van der Waals surface area contributed by atoms with Crippen LogP contribution in [0.1, 0.15) is 27.2 Å². The first-order valence-electron chi connectivity index (χ1n) is 6.02. The summed E-state index contributed by atoms with van der Waals surface area (Å²) in [6.45, 7) is 7.04. The Bertz CT molecular complexity index is 357. The minimum Gasteiger partial charge on any atom is -0.368 e. The van der Waals surface area contributed by atoms with Crippen LogP contribution in [0.5, 0.6) is 0 Å². The Morgan fingerprint density at radius 3 is 2.35 bits per heavy atom. The lowest BCUT2D eigenvalue weighted by Crippen LogP contribution is -2.41. The number of benzene rings is 1. The quantitative estimate of drug-likeness (QED) is 0.873. The predicted molar refractivity (Wildman–Crippen MR) is 71.7 cm³/mol. The van der Waals surface area contributed by atoms with Crippen LogP contribution in [0, 0.1) is 11.2 Å². The molecule has 0 amide bonds. The number of anilines is 1. The Balaban J connectivity index is 2.87. The Kier molecular flexibility index (Phi) is 4.52. The summed E-state index contributed by atoms with van der Waals surface area (Å²) in [5.41, 5.74) is 6.61. The summed E-state index contributed by atoms with van der Waals surface area (Å²) in [6.07, 6.45) is 0.939. The van der Waals surface area contributed by atoms with Crippen LogP contribution in [-0.4, -0.2) is 19.6 Å². The van der Waals surface area contributed by atoms with Crippen molar-refractivity contribution in [2.45, 2.75) is 33.2 Å². The second kappa shape index (κ2) is 5.50. The lowest BCUT2D eigenvalue weighted by Gasteiger charge is -2.34. The smallest absolute Gasteiger partial charge is 0.146 e. The fourth-order valence-electron chi connectivity index (χ4n) is 2.02. The standard InChI is InChI=1S/C14H23FN2/c1-14(2,3)9-11(10-16)17(4)13-8-6-5-7-12(13)15/h5-8,11H,9-10,16H2,1-4H3. The SMILES string of the molecule is CN(c1ccccc1F)C(CN)CC(C)(C)C. The molecular weight excluding hydrogens is 215 g/mol. The lowest BCUT2D eigenvalue weighted by atomic mass is 9.87. The monoisotopic (exact) mass is 238 g/mol. The van der Waals surface area contributed by atoms with Gasteiger partial charge in [-0.1, -0.05) is 32.9 Å². The third kappa shape index (κ3) is 4.00. The van der Waals surface area contributed by atoms with E-state index in [-0.39, 0.29) is 17.3 Å². The molecule has 0 spiro atoms. The summed E-state index contributed by atoms with van der Waals surface area (Å²) < 4.78 is 13.7. The Hall–Kier alpha value is -1.09. The highest BCUT2D eigenvalue weighted by molar-refractivity contribution is 5.47. The van der Waals surface area contributed by atoms with Crippen molar-refractivity contribution < 1.29 is 4.39 Å². The van der Waals surface area contributed by atoms with E-state index >= 15 is 0 Å². The zero-order valence-electron chi connectivity index (χ0n) is 11.2. The van der Waals surface area contributed by atoms with Crippen LogP contribution in [0.4, 0.5) is 10.1 Å². The molecule has 0 heterocycles. The zero-order valence-corrected chi connectivity index (χ0v) is 11.2. The second-order valence-corrected chi connectivity index (χ2v) is 5.72. The van der Waals surface area contributed by atoms with Gasteiger partial charge < -0.3 is 10.6 Å². The largest absolute Gasteiger partial charge is 0.368 e. The topological polar surface area (TPSA) is 29.3 Å². The molecule has 0 aliphatic heterocycles. The van der Waals surface area contributed by atoms with E-state index in [9.17, 15) is 4.39 Å². The Morgan fingerprint density at radius 2 is 1.88 bits per heavy atom. The third-order valence-electron chi connectivity index (χ3n) is 2.90. The van der Waals surface area contributed by atoms with E-state index in [1.54, 1.807) is 12.1 Å². The summed E-state index contributed by atoms with van der Waals surface area (Å²) >= 11 is 0. The maximum absolute atomic E-state index is 13.7. The maximum Gasteiger partial charge on any atom is 0.146 e. The number of halogens is 1. The molecule has 3 heteroatoms. The van der Waals surface area contributed by atoms with Gasteiger partial charge in [-0.25, -0.2) is 4.39 Å². The van der Waals surface area contributed by atoms with Crippen LogP contribution in [0.3, 0.4) is 0 Å². The highest BCUT2D eigenvalue weighted by Crippen LogP contribution is 2.26. The van der Waals surface area contributed by atoms with Crippen LogP contribution in [0.2, 0.25) is 0 Å². The molecule has 96 valence electrons. The van der Waals surface area contributed by atoms with Gasteiger partial charge in [-0.15, -0.1) is 0 Å². The average molecular weight is 238 g/mol. The molecule has 1 atom stereocenters. The normalized spacial score (nSPS) is 13.5. The summed E-state index contributed by atoms with van der Waals surface area (Å²) in [7, 11) is 1.90. The molecule has 0 radical (unpaired) electrons. The number of rotatable bonds is 4. The molecule has 17 heavy (non-hydrogen) atoms. The second-order valence-electron chi connectivity index (χ2n) is 5.72. The molecule has 0 aliphatic rings. The zero-order chi connectivity index (χ0) is 13.1. The molecule has 0 aromatic heterocycles. The van der Waals surface area contributed by atoms with E-state index in [2.05, 4.69) is 20.8 Å². The first kappa shape index (κ1) is 14.0. The van der Waals surface area contributed by atoms with E-state index in [0.29, 0.717) is 12.2 Å². The molecule has 2 N–H and O–H groups in total. The van der Waals surface area contributed by atoms with Crippen LogP contribution in [0.25, 0.3) is 0 Å². The molecule has 0 bridgehead atoms. The van der Waals surface area contributed by atoms with Gasteiger partial charge >= 0.3 is 0 Å². The van der Waals surface area contributed by atoms with Crippen molar-refractivity contribution >= 4 is 5.69 Å². The van der Waals surface area contributed by atoms with Gasteiger partial charge in [0.1, 0.15) is 5.82 Å². The van der Waals surface area contributed by atoms with Crippen LogP contribution in [0.15, 0.2) is 24.3 Å². The van der Waals surface area contributed by atoms with Gasteiger partial charge in [-0.2, -0.15) is 0 Å². The minimum absolute atomic E-state index is 0.159. The Morgan fingerprint density at radius 1 is 1.29 bits per heavy atom. The van der Waals surface area contributed by atoms with Crippen molar-refractivity contribution in [1.29, 1.82) is 0 Å². The van der Waals surface area contributed by atoms with Gasteiger partial charge in [0.25, 0.3) is 0 Å². The molecule has 1 rings (SSSR count). The van der Waals surface area contributed by atoms with E-state index in [1.165, 1.54) is 6.07 Å². The third-order valence-corrected chi connectivity index (χ3v) is 2.90. The number of nitrogens with zero attached hydrogens (tertiary/aromatic N) is 1. The van der Waals surface area contributed by atoms with E-state index in [4.69, 9.17) is 5.73 Å². The molecule has 1 aromatic carbocycles. The van der Waals surface area contributed by atoms with Gasteiger partial charge in [-0.05, 0) is 24.0 Å². The summed E-state index contributed by atoms with van der Waals surface area (Å²) in [4.78, 5) is 1.95. The van der Waals surface area contributed by atoms with Gasteiger partial charge in [0.2, 0.25) is 0 Å². The number of hydrogen-bond acceptors (Lipinski definition) is 2. The van der Waals surface area contributed by atoms with Crippen molar-refractivity contribution in [1.82, 2.24) is 0 Å². The number of para-hydroxylation sites is 1. The highest BCUT2D eigenvalue weighted by Gasteiger charge is 2.22. The fourth-order valence-corrected chi connectivity index (χ4v) is 2.02. The van der Waals surface area contributed by atoms with Crippen molar-refractivity contribution in [3.63, 3.8) is 0 Å². The van der Waals surface area contributed by atoms with E-state index in [1.807, 2.05) is 18.0 Å². The summed E-state index contributed by atoms with van der Waals surface area (Å²) in [5, 5.41) is 0. The fraction of sp³-hybridized carbons (Fsp3) is 0.571. The minimum atomic E-state index is -0.192. The number of nitrogens with two attached hydrogens (primary N) is 1. The summed E-state index contributed by atoms with van der Waals surface area (Å²) in [6, 6.07) is 6.98. The van der Waals surface area contributed by atoms with Crippen molar-refractivity contribution in [3.8, 4) is 0 Å². The number of likely N-dealkylation sites (N-methyl/N-ethyl adjacent to an activating group) is 1. The van der Waals surface area contributed by atoms with Gasteiger partial charge in [0.15, 0.2) is 0 Å². The van der Waals surface area contributed by atoms with Crippen LogP contribution in [-0.2, 0) is 0 Å².